The van der Waals surface area contributed by atoms with E-state index in [1.165, 1.54) is 18.9 Å². The van der Waals surface area contributed by atoms with Gasteiger partial charge in [0, 0.05) is 25.4 Å². The second kappa shape index (κ2) is 8.68. The third-order valence-corrected chi connectivity index (χ3v) is 6.03. The number of nitriles is 1. The summed E-state index contributed by atoms with van der Waals surface area (Å²) in [5.41, 5.74) is 1.23. The Kier molecular flexibility index (Phi) is 6.30. The lowest BCUT2D eigenvalue weighted by atomic mass is 9.87. The zero-order valence-electron chi connectivity index (χ0n) is 15.0. The van der Waals surface area contributed by atoms with Gasteiger partial charge in [0.25, 0.3) is 0 Å². The molecule has 1 saturated heterocycles. The lowest BCUT2D eigenvalue weighted by Gasteiger charge is -2.25. The van der Waals surface area contributed by atoms with Crippen LogP contribution in [-0.4, -0.2) is 42.7 Å². The predicted molar refractivity (Wildman–Crippen MR) is 104 cm³/mol. The van der Waals surface area contributed by atoms with E-state index in [0.717, 1.165) is 31.5 Å². The van der Waals surface area contributed by atoms with Crippen molar-refractivity contribution in [1.82, 2.24) is 10.2 Å². The molecule has 8 heteroatoms. The Labute approximate surface area is 167 Å². The number of thioether (sulfide) groups is 1. The number of nitrogens with zero attached hydrogens (tertiary/aromatic N) is 2. The first kappa shape index (κ1) is 19.6. The van der Waals surface area contributed by atoms with Crippen LogP contribution in [0.3, 0.4) is 0 Å². The molecule has 6 nitrogen and oxygen atoms in total. The maximum absolute atomic E-state index is 12.3. The first-order chi connectivity index (χ1) is 13.0. The number of methoxy groups -OCH3 is 1. The molecule has 1 aromatic rings. The minimum atomic E-state index is -0.392. The number of carbonyl (C=O) groups is 2. The summed E-state index contributed by atoms with van der Waals surface area (Å²) < 4.78 is 5.16. The van der Waals surface area contributed by atoms with E-state index < -0.39 is 5.92 Å². The molecule has 0 spiro atoms. The van der Waals surface area contributed by atoms with Gasteiger partial charge in [-0.3, -0.25) is 9.59 Å². The van der Waals surface area contributed by atoms with Crippen molar-refractivity contribution in [1.29, 1.82) is 5.26 Å². The molecule has 0 unspecified atom stereocenters. The molecule has 2 amide bonds. The van der Waals surface area contributed by atoms with Gasteiger partial charge in [0.1, 0.15) is 5.75 Å². The number of rotatable bonds is 5. The molecule has 1 fully saturated rings. The molecule has 3 rings (SSSR count). The van der Waals surface area contributed by atoms with Crippen molar-refractivity contribution in [3.63, 3.8) is 0 Å². The van der Waals surface area contributed by atoms with Crippen LogP contribution < -0.4 is 10.1 Å². The standard InChI is InChI=1S/C19H20ClN3O3S/c1-26-16-5-4-12(8-15(16)20)13-9-17(24)22-19(14(13)10-21)27-11-18(25)23-6-2-3-7-23/h4-5,8,13H,2-3,6-7,9,11H2,1H3,(H,22,24)/t13-/m0/s1. The van der Waals surface area contributed by atoms with E-state index in [0.29, 0.717) is 21.4 Å². The molecule has 0 radical (unpaired) electrons. The molecule has 2 aliphatic heterocycles. The highest BCUT2D eigenvalue weighted by atomic mass is 35.5. The first-order valence-electron chi connectivity index (χ1n) is 8.71. The molecule has 1 atom stereocenters. The molecule has 1 N–H and O–H groups in total. The number of benzene rings is 1. The minimum absolute atomic E-state index is 0.0335. The van der Waals surface area contributed by atoms with E-state index >= 15 is 0 Å². The van der Waals surface area contributed by atoms with Crippen molar-refractivity contribution in [2.75, 3.05) is 26.0 Å². The molecule has 27 heavy (non-hydrogen) atoms. The van der Waals surface area contributed by atoms with Gasteiger partial charge in [-0.25, -0.2) is 0 Å². The Morgan fingerprint density at radius 3 is 2.81 bits per heavy atom. The summed E-state index contributed by atoms with van der Waals surface area (Å²) in [6.45, 7) is 1.56. The highest BCUT2D eigenvalue weighted by Gasteiger charge is 2.30. The summed E-state index contributed by atoms with van der Waals surface area (Å²) in [4.78, 5) is 26.3. The lowest BCUT2D eigenvalue weighted by molar-refractivity contribution is -0.127. The van der Waals surface area contributed by atoms with Crippen molar-refractivity contribution < 1.29 is 14.3 Å². The topological polar surface area (TPSA) is 82.4 Å². The summed E-state index contributed by atoms with van der Waals surface area (Å²) in [5, 5.41) is 13.3. The van der Waals surface area contributed by atoms with Crippen LogP contribution in [0.2, 0.25) is 5.02 Å². The van der Waals surface area contributed by atoms with Crippen LogP contribution in [0.25, 0.3) is 0 Å². The van der Waals surface area contributed by atoms with E-state index in [9.17, 15) is 14.9 Å². The SMILES string of the molecule is COc1ccc([C@@H]2CC(=O)NC(SCC(=O)N3CCCC3)=C2C#N)cc1Cl. The van der Waals surface area contributed by atoms with E-state index in [1.807, 2.05) is 11.0 Å². The molecule has 0 aromatic heterocycles. The molecule has 2 aliphatic rings. The fraction of sp³-hybridized carbons (Fsp3) is 0.421. The quantitative estimate of drug-likeness (QED) is 0.814. The Morgan fingerprint density at radius 1 is 1.44 bits per heavy atom. The molecule has 0 aliphatic carbocycles. The van der Waals surface area contributed by atoms with Gasteiger partial charge in [0.05, 0.1) is 34.6 Å². The zero-order valence-corrected chi connectivity index (χ0v) is 16.5. The molecule has 2 heterocycles. The fourth-order valence-corrected chi connectivity index (χ4v) is 4.55. The monoisotopic (exact) mass is 405 g/mol. The number of allylic oxidation sites excluding steroid dienone is 1. The Balaban J connectivity index is 1.82. The van der Waals surface area contributed by atoms with Crippen molar-refractivity contribution in [3.8, 4) is 11.8 Å². The fourth-order valence-electron chi connectivity index (χ4n) is 3.31. The highest BCUT2D eigenvalue weighted by molar-refractivity contribution is 8.03. The molecular formula is C19H20ClN3O3S. The maximum Gasteiger partial charge on any atom is 0.232 e. The Hall–Kier alpha value is -2.17. The number of carbonyl (C=O) groups excluding carboxylic acids is 2. The van der Waals surface area contributed by atoms with E-state index in [-0.39, 0.29) is 24.0 Å². The van der Waals surface area contributed by atoms with Crippen LogP contribution in [0.4, 0.5) is 0 Å². The van der Waals surface area contributed by atoms with Gasteiger partial charge < -0.3 is 15.0 Å². The number of likely N-dealkylation sites (tertiary alicyclic amines) is 1. The van der Waals surface area contributed by atoms with Gasteiger partial charge >= 0.3 is 0 Å². The van der Waals surface area contributed by atoms with Crippen LogP contribution in [0, 0.1) is 11.3 Å². The summed E-state index contributed by atoms with van der Waals surface area (Å²) in [7, 11) is 1.53. The van der Waals surface area contributed by atoms with Crippen molar-refractivity contribution >= 4 is 35.2 Å². The molecule has 1 aromatic carbocycles. The summed E-state index contributed by atoms with van der Waals surface area (Å²) in [5.74, 6) is 0.204. The van der Waals surface area contributed by atoms with Gasteiger partial charge in [0.2, 0.25) is 11.8 Å². The minimum Gasteiger partial charge on any atom is -0.495 e. The van der Waals surface area contributed by atoms with Crippen LogP contribution >= 0.6 is 23.4 Å². The molecular weight excluding hydrogens is 386 g/mol. The number of nitrogens with one attached hydrogen (secondary N) is 1. The van der Waals surface area contributed by atoms with E-state index in [2.05, 4.69) is 11.4 Å². The van der Waals surface area contributed by atoms with Crippen LogP contribution in [0.5, 0.6) is 5.75 Å². The third-order valence-electron chi connectivity index (χ3n) is 4.73. The van der Waals surface area contributed by atoms with Crippen LogP contribution in [0.1, 0.15) is 30.7 Å². The Bertz CT molecular complexity index is 828. The molecule has 142 valence electrons. The normalized spacial score (nSPS) is 19.7. The smallest absolute Gasteiger partial charge is 0.232 e. The molecule has 0 saturated carbocycles. The Morgan fingerprint density at radius 2 is 2.19 bits per heavy atom. The number of ether oxygens (including phenoxy) is 1. The highest BCUT2D eigenvalue weighted by Crippen LogP contribution is 2.38. The average molecular weight is 406 g/mol. The third kappa shape index (κ3) is 4.40. The van der Waals surface area contributed by atoms with Gasteiger partial charge in [-0.2, -0.15) is 5.26 Å². The summed E-state index contributed by atoms with van der Waals surface area (Å²) >= 11 is 7.42. The number of hydrogen-bond acceptors (Lipinski definition) is 5. The van der Waals surface area contributed by atoms with Gasteiger partial charge in [-0.15, -0.1) is 0 Å². The predicted octanol–water partition coefficient (Wildman–Crippen LogP) is 3.04. The summed E-state index contributed by atoms with van der Waals surface area (Å²) in [6, 6.07) is 7.46. The van der Waals surface area contributed by atoms with E-state index in [4.69, 9.17) is 16.3 Å². The van der Waals surface area contributed by atoms with Crippen molar-refractivity contribution in [2.24, 2.45) is 0 Å². The van der Waals surface area contributed by atoms with Crippen LogP contribution in [0.15, 0.2) is 28.8 Å². The second-order valence-corrected chi connectivity index (χ2v) is 7.82. The number of halogens is 1. The number of hydrogen-bond donors (Lipinski definition) is 1. The van der Waals surface area contributed by atoms with Crippen molar-refractivity contribution in [3.05, 3.63) is 39.4 Å². The average Bonchev–Trinajstić information content (AvgIpc) is 3.20. The van der Waals surface area contributed by atoms with E-state index in [1.54, 1.807) is 12.1 Å². The largest absolute Gasteiger partial charge is 0.495 e. The lowest BCUT2D eigenvalue weighted by Crippen LogP contribution is -2.33. The molecule has 0 bridgehead atoms. The summed E-state index contributed by atoms with van der Waals surface area (Å²) in [6.07, 6.45) is 2.22. The van der Waals surface area contributed by atoms with Gasteiger partial charge in [-0.05, 0) is 30.5 Å². The van der Waals surface area contributed by atoms with Gasteiger partial charge in [-0.1, -0.05) is 29.4 Å². The second-order valence-electron chi connectivity index (χ2n) is 6.43. The zero-order chi connectivity index (χ0) is 19.4. The first-order valence-corrected chi connectivity index (χ1v) is 10.1. The van der Waals surface area contributed by atoms with Gasteiger partial charge in [0.15, 0.2) is 0 Å². The van der Waals surface area contributed by atoms with Crippen molar-refractivity contribution in [2.45, 2.75) is 25.2 Å². The van der Waals surface area contributed by atoms with Crippen LogP contribution in [-0.2, 0) is 9.59 Å². The number of amides is 2. The maximum atomic E-state index is 12.3.